The van der Waals surface area contributed by atoms with Crippen LogP contribution in [0.1, 0.15) is 22.3 Å². The third-order valence-corrected chi connectivity index (χ3v) is 11.4. The summed E-state index contributed by atoms with van der Waals surface area (Å²) in [6.07, 6.45) is 0. The van der Waals surface area contributed by atoms with Crippen LogP contribution in [-0.4, -0.2) is 0 Å². The van der Waals surface area contributed by atoms with Crippen molar-refractivity contribution in [3.05, 3.63) is 259 Å². The van der Waals surface area contributed by atoms with Crippen LogP contribution in [0.5, 0.6) is 0 Å². The van der Waals surface area contributed by atoms with Gasteiger partial charge < -0.3 is 4.90 Å². The lowest BCUT2D eigenvalue weighted by Gasteiger charge is -2.35. The molecular formula is C55H39N. The Labute approximate surface area is 329 Å². The monoisotopic (exact) mass is 713 g/mol. The fraction of sp³-hybridized carbons (Fsp3) is 0.0182. The van der Waals surface area contributed by atoms with Gasteiger partial charge in [0, 0.05) is 17.1 Å². The average molecular weight is 714 g/mol. The van der Waals surface area contributed by atoms with Gasteiger partial charge in [-0.05, 0) is 103 Å². The summed E-state index contributed by atoms with van der Waals surface area (Å²) >= 11 is 0. The van der Waals surface area contributed by atoms with Crippen LogP contribution in [0.2, 0.25) is 0 Å². The van der Waals surface area contributed by atoms with Gasteiger partial charge in [-0.15, -0.1) is 0 Å². The molecule has 0 aromatic heterocycles. The molecule has 1 heteroatoms. The minimum absolute atomic E-state index is 0.548. The molecule has 0 amide bonds. The van der Waals surface area contributed by atoms with Crippen molar-refractivity contribution < 1.29 is 0 Å². The minimum atomic E-state index is -0.548. The summed E-state index contributed by atoms with van der Waals surface area (Å²) in [5, 5.41) is 0. The third kappa shape index (κ3) is 5.65. The van der Waals surface area contributed by atoms with Crippen LogP contribution in [-0.2, 0) is 5.41 Å². The highest BCUT2D eigenvalue weighted by atomic mass is 15.1. The van der Waals surface area contributed by atoms with E-state index in [0.29, 0.717) is 0 Å². The molecule has 1 nitrogen and oxygen atoms in total. The molecule has 9 aromatic rings. The number of rotatable bonds is 8. The van der Waals surface area contributed by atoms with Crippen molar-refractivity contribution in [2.75, 3.05) is 4.90 Å². The molecule has 0 fully saturated rings. The first-order chi connectivity index (χ1) is 27.8. The van der Waals surface area contributed by atoms with Crippen LogP contribution < -0.4 is 4.90 Å². The summed E-state index contributed by atoms with van der Waals surface area (Å²) in [5.41, 5.74) is 17.6. The molecule has 0 unspecified atom stereocenters. The van der Waals surface area contributed by atoms with Crippen molar-refractivity contribution >= 4 is 17.1 Å². The zero-order valence-corrected chi connectivity index (χ0v) is 31.0. The van der Waals surface area contributed by atoms with Gasteiger partial charge in [-0.2, -0.15) is 0 Å². The molecule has 0 heterocycles. The van der Waals surface area contributed by atoms with E-state index in [9.17, 15) is 0 Å². The van der Waals surface area contributed by atoms with E-state index in [1.165, 1.54) is 66.8 Å². The summed E-state index contributed by atoms with van der Waals surface area (Å²) < 4.78 is 0. The highest BCUT2D eigenvalue weighted by Crippen LogP contribution is 2.59. The number of nitrogens with zero attached hydrogens (tertiary/aromatic N) is 1. The molecule has 9 aromatic carbocycles. The standard InChI is InChI=1S/C55H39N/c1-6-17-40(18-7-1)42-29-33-47(34-30-42)56(48-35-31-43(32-36-48)41-19-8-2-9-20-41)49-37-38-51-53(39-49)55(45-23-12-4-13-24-45,46-25-14-5-15-26-46)52-28-16-27-50(54(51)52)44-21-10-3-11-22-44/h1-39H. The normalized spacial score (nSPS) is 12.4. The van der Waals surface area contributed by atoms with E-state index < -0.39 is 5.41 Å². The second kappa shape index (κ2) is 14.2. The average Bonchev–Trinajstić information content (AvgIpc) is 3.59. The summed E-state index contributed by atoms with van der Waals surface area (Å²) in [6, 6.07) is 86.2. The van der Waals surface area contributed by atoms with Gasteiger partial charge >= 0.3 is 0 Å². The maximum atomic E-state index is 2.46. The molecule has 0 N–H and O–H groups in total. The van der Waals surface area contributed by atoms with Crippen molar-refractivity contribution in [1.82, 2.24) is 0 Å². The first kappa shape index (κ1) is 33.4. The molecule has 0 bridgehead atoms. The highest BCUT2D eigenvalue weighted by Gasteiger charge is 2.47. The second-order valence-corrected chi connectivity index (χ2v) is 14.5. The number of fused-ring (bicyclic) bond motifs is 3. The molecule has 0 saturated carbocycles. The van der Waals surface area contributed by atoms with Crippen molar-refractivity contribution in [1.29, 1.82) is 0 Å². The van der Waals surface area contributed by atoms with Crippen LogP contribution in [0.3, 0.4) is 0 Å². The van der Waals surface area contributed by atoms with E-state index in [1.807, 2.05) is 0 Å². The van der Waals surface area contributed by atoms with Gasteiger partial charge in [0.1, 0.15) is 0 Å². The maximum Gasteiger partial charge on any atom is 0.0714 e. The Bertz CT molecular complexity index is 2620. The highest BCUT2D eigenvalue weighted by molar-refractivity contribution is 5.97. The van der Waals surface area contributed by atoms with E-state index in [2.05, 4.69) is 241 Å². The Morgan fingerprint density at radius 2 is 0.679 bits per heavy atom. The van der Waals surface area contributed by atoms with Crippen molar-refractivity contribution in [3.63, 3.8) is 0 Å². The Morgan fingerprint density at radius 1 is 0.268 bits per heavy atom. The molecule has 10 rings (SSSR count). The molecule has 0 saturated heterocycles. The van der Waals surface area contributed by atoms with Crippen LogP contribution in [0, 0.1) is 0 Å². The molecule has 0 aliphatic heterocycles. The molecule has 0 radical (unpaired) electrons. The molecule has 0 atom stereocenters. The van der Waals surface area contributed by atoms with Gasteiger partial charge in [-0.1, -0.05) is 200 Å². The smallest absolute Gasteiger partial charge is 0.0714 e. The number of benzene rings is 9. The van der Waals surface area contributed by atoms with E-state index in [-0.39, 0.29) is 0 Å². The van der Waals surface area contributed by atoms with Gasteiger partial charge in [0.25, 0.3) is 0 Å². The SMILES string of the molecule is c1ccc(-c2ccc(N(c3ccc(-c4ccccc4)cc3)c3ccc4c(c3)C(c3ccccc3)(c3ccccc3)c3cccc(-c5ccccc5)c3-4)cc2)cc1. The molecular weight excluding hydrogens is 675 g/mol. The molecule has 0 spiro atoms. The van der Waals surface area contributed by atoms with Gasteiger partial charge in [-0.25, -0.2) is 0 Å². The van der Waals surface area contributed by atoms with Gasteiger partial charge in [0.15, 0.2) is 0 Å². The second-order valence-electron chi connectivity index (χ2n) is 14.5. The van der Waals surface area contributed by atoms with Crippen LogP contribution in [0.15, 0.2) is 237 Å². The molecule has 1 aliphatic rings. The minimum Gasteiger partial charge on any atom is -0.310 e. The summed E-state index contributed by atoms with van der Waals surface area (Å²) in [6.45, 7) is 0. The number of hydrogen-bond acceptors (Lipinski definition) is 1. The first-order valence-electron chi connectivity index (χ1n) is 19.3. The predicted molar refractivity (Wildman–Crippen MR) is 235 cm³/mol. The van der Waals surface area contributed by atoms with E-state index in [1.54, 1.807) is 0 Å². The lowest BCUT2D eigenvalue weighted by atomic mass is 9.67. The summed E-state index contributed by atoms with van der Waals surface area (Å²) in [5.74, 6) is 0. The Kier molecular flexibility index (Phi) is 8.46. The Balaban J connectivity index is 1.22. The van der Waals surface area contributed by atoms with E-state index in [0.717, 1.165) is 17.1 Å². The zero-order valence-electron chi connectivity index (χ0n) is 31.0. The van der Waals surface area contributed by atoms with Gasteiger partial charge in [0.05, 0.1) is 5.41 Å². The topological polar surface area (TPSA) is 3.24 Å². The van der Waals surface area contributed by atoms with Crippen molar-refractivity contribution in [2.24, 2.45) is 0 Å². The van der Waals surface area contributed by atoms with Crippen molar-refractivity contribution in [2.45, 2.75) is 5.41 Å². The molecule has 264 valence electrons. The number of hydrogen-bond donors (Lipinski definition) is 0. The zero-order chi connectivity index (χ0) is 37.3. The lowest BCUT2D eigenvalue weighted by Crippen LogP contribution is -2.28. The summed E-state index contributed by atoms with van der Waals surface area (Å²) in [7, 11) is 0. The number of anilines is 3. The van der Waals surface area contributed by atoms with Crippen LogP contribution in [0.4, 0.5) is 17.1 Å². The lowest BCUT2D eigenvalue weighted by molar-refractivity contribution is 0.768. The molecule has 1 aliphatic carbocycles. The third-order valence-electron chi connectivity index (χ3n) is 11.4. The molecule has 56 heavy (non-hydrogen) atoms. The largest absolute Gasteiger partial charge is 0.310 e. The van der Waals surface area contributed by atoms with Gasteiger partial charge in [0.2, 0.25) is 0 Å². The maximum absolute atomic E-state index is 2.46. The van der Waals surface area contributed by atoms with E-state index in [4.69, 9.17) is 0 Å². The fourth-order valence-corrected chi connectivity index (χ4v) is 8.84. The Morgan fingerprint density at radius 3 is 1.16 bits per heavy atom. The quantitative estimate of drug-likeness (QED) is 0.152. The van der Waals surface area contributed by atoms with Gasteiger partial charge in [-0.3, -0.25) is 0 Å². The van der Waals surface area contributed by atoms with Crippen LogP contribution >= 0.6 is 0 Å². The van der Waals surface area contributed by atoms with Crippen molar-refractivity contribution in [3.8, 4) is 44.5 Å². The predicted octanol–water partition coefficient (Wildman–Crippen LogP) is 14.5. The first-order valence-corrected chi connectivity index (χ1v) is 19.3. The fourth-order valence-electron chi connectivity index (χ4n) is 8.84. The van der Waals surface area contributed by atoms with E-state index >= 15 is 0 Å². The Hall–Kier alpha value is -7.22. The summed E-state index contributed by atoms with van der Waals surface area (Å²) in [4.78, 5) is 2.41. The van der Waals surface area contributed by atoms with Crippen LogP contribution in [0.25, 0.3) is 44.5 Å².